The first-order valence-electron chi connectivity index (χ1n) is 15.8. The Balaban J connectivity index is 0.000000180. The largest absolute Gasteiger partial charge is 0.121 e. The van der Waals surface area contributed by atoms with Gasteiger partial charge in [-0.25, -0.2) is 0 Å². The fourth-order valence-electron chi connectivity index (χ4n) is 5.70. The van der Waals surface area contributed by atoms with Crippen molar-refractivity contribution >= 4 is 58.5 Å². The predicted molar refractivity (Wildman–Crippen MR) is 205 cm³/mol. The molecule has 0 spiro atoms. The molecule has 4 heteroatoms. The average molecular weight is 743 g/mol. The SMILES string of the molecule is Cc1cc2c(C(C)(C)C)ccc(C)c2[cH-]1.Cc1cc2c(C(C)(C)C)ccc(C)c2[cH-]1.[Cl][Zr+2][Cl].c1ccc([Si]c2ccccc2)cc1. The van der Waals surface area contributed by atoms with E-state index in [9.17, 15) is 0 Å². The zero-order valence-corrected chi connectivity index (χ0v) is 34.1. The van der Waals surface area contributed by atoms with Crippen LogP contribution < -0.4 is 10.4 Å². The van der Waals surface area contributed by atoms with Crippen LogP contribution in [0.4, 0.5) is 0 Å². The second kappa shape index (κ2) is 17.3. The summed E-state index contributed by atoms with van der Waals surface area (Å²) in [5, 5.41) is 8.49. The van der Waals surface area contributed by atoms with Crippen LogP contribution in [0.25, 0.3) is 21.5 Å². The number of fused-ring (bicyclic) bond motifs is 2. The van der Waals surface area contributed by atoms with E-state index in [1.54, 1.807) is 0 Å². The second-order valence-corrected chi connectivity index (χ2v) is 19.1. The van der Waals surface area contributed by atoms with Gasteiger partial charge in [0.2, 0.25) is 0 Å². The zero-order chi connectivity index (χ0) is 34.1. The van der Waals surface area contributed by atoms with E-state index in [-0.39, 0.29) is 10.8 Å². The Morgan fingerprint density at radius 2 is 0.848 bits per heavy atom. The number of benzene rings is 4. The van der Waals surface area contributed by atoms with Crippen molar-refractivity contribution in [2.24, 2.45) is 0 Å². The summed E-state index contributed by atoms with van der Waals surface area (Å²) in [5.41, 5.74) is 8.86. The average Bonchev–Trinajstić information content (AvgIpc) is 3.57. The molecular formula is C42H48Cl2SiZr. The Morgan fingerprint density at radius 1 is 0.522 bits per heavy atom. The molecule has 0 aliphatic heterocycles. The molecular weight excluding hydrogens is 695 g/mol. The quantitative estimate of drug-likeness (QED) is 0.122. The van der Waals surface area contributed by atoms with Crippen LogP contribution in [-0.4, -0.2) is 9.52 Å². The van der Waals surface area contributed by atoms with E-state index in [1.807, 2.05) is 0 Å². The van der Waals surface area contributed by atoms with Crippen LogP contribution in [0.2, 0.25) is 0 Å². The molecule has 238 valence electrons. The van der Waals surface area contributed by atoms with E-state index in [4.69, 9.17) is 17.0 Å². The smallest absolute Gasteiger partial charge is 0.0631 e. The summed E-state index contributed by atoms with van der Waals surface area (Å²) in [4.78, 5) is 0. The van der Waals surface area contributed by atoms with Crippen molar-refractivity contribution in [1.29, 1.82) is 0 Å². The van der Waals surface area contributed by atoms with Crippen molar-refractivity contribution in [3.63, 3.8) is 0 Å². The molecule has 0 amide bonds. The molecule has 0 saturated heterocycles. The Hall–Kier alpha value is -2.22. The standard InChI is InChI=1S/2C15H19.C12H10Si.2ClH.Zr/c2*1-10-8-12-11(2)6-7-14(13(12)9-10)15(3,4)5;1-3-7-11(8-4-1)13-12-9-5-2-6-10-12;;;/h2*6-9H,1-5H3;1-10H;2*1H;/q2*-1;;;;+4/p-2. The fourth-order valence-corrected chi connectivity index (χ4v) is 6.75. The summed E-state index contributed by atoms with van der Waals surface area (Å²) in [6, 6.07) is 39.4. The second-order valence-electron chi connectivity index (χ2n) is 14.0. The number of halogens is 2. The molecule has 0 bridgehead atoms. The third-order valence-electron chi connectivity index (χ3n) is 7.95. The van der Waals surface area contributed by atoms with E-state index in [0.29, 0.717) is 0 Å². The molecule has 0 aliphatic carbocycles. The molecule has 0 saturated carbocycles. The molecule has 6 aromatic rings. The fraction of sp³-hybridized carbons (Fsp3) is 0.286. The Morgan fingerprint density at radius 3 is 1.15 bits per heavy atom. The molecule has 46 heavy (non-hydrogen) atoms. The van der Waals surface area contributed by atoms with Gasteiger partial charge in [0.25, 0.3) is 0 Å². The van der Waals surface area contributed by atoms with Crippen molar-refractivity contribution in [2.45, 2.75) is 80.1 Å². The Bertz CT molecular complexity index is 1670. The van der Waals surface area contributed by atoms with Gasteiger partial charge in [-0.2, -0.15) is 12.1 Å². The molecule has 6 rings (SSSR count). The van der Waals surface area contributed by atoms with E-state index < -0.39 is 20.8 Å². The summed E-state index contributed by atoms with van der Waals surface area (Å²) in [6.45, 7) is 22.4. The van der Waals surface area contributed by atoms with Crippen molar-refractivity contribution in [2.75, 3.05) is 0 Å². The first-order chi connectivity index (χ1) is 21.6. The molecule has 0 N–H and O–H groups in total. The summed E-state index contributed by atoms with van der Waals surface area (Å²) >= 11 is -0.826. The van der Waals surface area contributed by atoms with Crippen molar-refractivity contribution < 1.29 is 20.8 Å². The van der Waals surface area contributed by atoms with Gasteiger partial charge in [-0.15, -0.1) is 68.1 Å². The van der Waals surface area contributed by atoms with E-state index in [2.05, 4.69) is 178 Å². The molecule has 0 nitrogen and oxygen atoms in total. The summed E-state index contributed by atoms with van der Waals surface area (Å²) in [5.74, 6) is 0. The van der Waals surface area contributed by atoms with Crippen LogP contribution in [0.3, 0.4) is 0 Å². The third-order valence-corrected chi connectivity index (χ3v) is 9.19. The van der Waals surface area contributed by atoms with Crippen molar-refractivity contribution in [1.82, 2.24) is 0 Å². The maximum absolute atomic E-state index is 4.93. The minimum absolute atomic E-state index is 0.229. The van der Waals surface area contributed by atoms with Crippen LogP contribution >= 0.6 is 17.0 Å². The van der Waals surface area contributed by atoms with Gasteiger partial charge < -0.3 is 0 Å². The maximum Gasteiger partial charge on any atom is 0.121 e. The van der Waals surface area contributed by atoms with Crippen LogP contribution in [0, 0.1) is 27.7 Å². The van der Waals surface area contributed by atoms with Crippen LogP contribution in [0.15, 0.2) is 109 Å². The number of hydrogen-bond acceptors (Lipinski definition) is 0. The summed E-state index contributed by atoms with van der Waals surface area (Å²) < 4.78 is 0. The van der Waals surface area contributed by atoms with Gasteiger partial charge in [-0.05, 0) is 10.8 Å². The molecule has 0 aliphatic rings. The van der Waals surface area contributed by atoms with Gasteiger partial charge in [0.05, 0.1) is 0 Å². The minimum atomic E-state index is -0.826. The minimum Gasteiger partial charge on any atom is -0.0631 e. The monoisotopic (exact) mass is 740 g/mol. The zero-order valence-electron chi connectivity index (χ0n) is 29.1. The molecule has 0 fully saturated rings. The Labute approximate surface area is 299 Å². The van der Waals surface area contributed by atoms with Crippen LogP contribution in [0.1, 0.15) is 74.9 Å². The normalized spacial score (nSPS) is 11.0. The van der Waals surface area contributed by atoms with E-state index >= 15 is 0 Å². The third kappa shape index (κ3) is 10.9. The van der Waals surface area contributed by atoms with Crippen LogP contribution in [-0.2, 0) is 31.7 Å². The van der Waals surface area contributed by atoms with Gasteiger partial charge in [0, 0.05) is 0 Å². The first-order valence-corrected chi connectivity index (χ1v) is 23.2. The topological polar surface area (TPSA) is 0 Å². The Kier molecular flexibility index (Phi) is 14.3. The first kappa shape index (κ1) is 38.2. The molecule has 0 aromatic heterocycles. The predicted octanol–water partition coefficient (Wildman–Crippen LogP) is 11.7. The molecule has 0 unspecified atom stereocenters. The molecule has 0 atom stereocenters. The summed E-state index contributed by atoms with van der Waals surface area (Å²) in [6.07, 6.45) is 0. The van der Waals surface area contributed by atoms with Gasteiger partial charge in [-0.3, -0.25) is 0 Å². The van der Waals surface area contributed by atoms with Crippen LogP contribution in [0.5, 0.6) is 0 Å². The number of aryl methyl sites for hydroxylation is 4. The number of hydrogen-bond donors (Lipinski definition) is 0. The van der Waals surface area contributed by atoms with E-state index in [0.717, 1.165) is 9.52 Å². The summed E-state index contributed by atoms with van der Waals surface area (Å²) in [7, 11) is 10.6. The van der Waals surface area contributed by atoms with Crippen molar-refractivity contribution in [3.8, 4) is 0 Å². The van der Waals surface area contributed by atoms with Crippen molar-refractivity contribution in [3.05, 3.63) is 143 Å². The maximum atomic E-state index is 4.93. The van der Waals surface area contributed by atoms with Gasteiger partial charge in [0.1, 0.15) is 9.52 Å². The van der Waals surface area contributed by atoms with Gasteiger partial charge >= 0.3 is 37.9 Å². The van der Waals surface area contributed by atoms with Gasteiger partial charge in [0.15, 0.2) is 0 Å². The molecule has 6 aromatic carbocycles. The van der Waals surface area contributed by atoms with E-state index in [1.165, 1.54) is 65.3 Å². The molecule has 2 radical (unpaired) electrons. The number of rotatable bonds is 2. The molecule has 0 heterocycles. The van der Waals surface area contributed by atoms with Gasteiger partial charge in [-0.1, -0.05) is 164 Å².